The first kappa shape index (κ1) is 12.1. The molecule has 1 aromatic rings. The summed E-state index contributed by atoms with van der Waals surface area (Å²) < 4.78 is 40.9. The summed E-state index contributed by atoms with van der Waals surface area (Å²) in [5.41, 5.74) is 0.433. The molecular weight excluding hydrogens is 263 g/mol. The largest absolute Gasteiger partial charge is 0.401 e. The molecule has 3 nitrogen and oxygen atoms in total. The Labute approximate surface area is 99.4 Å². The molecule has 0 radical (unpaired) electrons. The Balaban J connectivity index is 2.01. The molecule has 1 aromatic heterocycles. The first-order chi connectivity index (χ1) is 7.46. The molecule has 0 saturated heterocycles. The van der Waals surface area contributed by atoms with Crippen molar-refractivity contribution in [3.8, 4) is 0 Å². The SMILES string of the molecule is FC(F)(F)CN(Cc1nnsc1Cl)C1CC1. The first-order valence-corrected chi connectivity index (χ1v) is 5.88. The minimum atomic E-state index is -4.18. The van der Waals surface area contributed by atoms with E-state index in [0.29, 0.717) is 10.0 Å². The van der Waals surface area contributed by atoms with Gasteiger partial charge in [-0.15, -0.1) is 5.10 Å². The molecule has 8 heteroatoms. The maximum absolute atomic E-state index is 12.3. The van der Waals surface area contributed by atoms with Crippen molar-refractivity contribution in [1.82, 2.24) is 14.5 Å². The predicted molar refractivity (Wildman–Crippen MR) is 54.4 cm³/mol. The maximum atomic E-state index is 12.3. The maximum Gasteiger partial charge on any atom is 0.401 e. The quantitative estimate of drug-likeness (QED) is 0.843. The summed E-state index contributed by atoms with van der Waals surface area (Å²) >= 11 is 6.76. The number of halogens is 4. The van der Waals surface area contributed by atoms with E-state index < -0.39 is 12.7 Å². The van der Waals surface area contributed by atoms with Crippen LogP contribution >= 0.6 is 23.1 Å². The van der Waals surface area contributed by atoms with E-state index in [2.05, 4.69) is 9.59 Å². The van der Waals surface area contributed by atoms with Gasteiger partial charge in [-0.05, 0) is 12.8 Å². The van der Waals surface area contributed by atoms with E-state index in [1.54, 1.807) is 0 Å². The summed E-state index contributed by atoms with van der Waals surface area (Å²) in [6, 6.07) is 0.0133. The second-order valence-electron chi connectivity index (χ2n) is 3.74. The van der Waals surface area contributed by atoms with Crippen molar-refractivity contribution in [2.45, 2.75) is 31.6 Å². The Hall–Kier alpha value is -0.400. The van der Waals surface area contributed by atoms with Crippen LogP contribution in [0.4, 0.5) is 13.2 Å². The van der Waals surface area contributed by atoms with Crippen molar-refractivity contribution in [2.75, 3.05) is 6.54 Å². The molecule has 0 amide bonds. The fourth-order valence-corrected chi connectivity index (χ4v) is 2.08. The van der Waals surface area contributed by atoms with Crippen LogP contribution in [0.15, 0.2) is 0 Å². The molecule has 16 heavy (non-hydrogen) atoms. The lowest BCUT2D eigenvalue weighted by molar-refractivity contribution is -0.148. The van der Waals surface area contributed by atoms with Crippen LogP contribution in [0.2, 0.25) is 4.34 Å². The van der Waals surface area contributed by atoms with Crippen LogP contribution in [-0.2, 0) is 6.54 Å². The summed E-state index contributed by atoms with van der Waals surface area (Å²) in [6.45, 7) is -0.787. The van der Waals surface area contributed by atoms with E-state index in [1.807, 2.05) is 0 Å². The van der Waals surface area contributed by atoms with E-state index in [9.17, 15) is 13.2 Å². The zero-order chi connectivity index (χ0) is 11.8. The van der Waals surface area contributed by atoms with Gasteiger partial charge in [-0.25, -0.2) is 0 Å². The van der Waals surface area contributed by atoms with Crippen molar-refractivity contribution in [3.63, 3.8) is 0 Å². The topological polar surface area (TPSA) is 29.0 Å². The second kappa shape index (κ2) is 4.46. The molecule has 1 heterocycles. The summed E-state index contributed by atoms with van der Waals surface area (Å²) in [7, 11) is 0. The van der Waals surface area contributed by atoms with Gasteiger partial charge < -0.3 is 0 Å². The summed E-state index contributed by atoms with van der Waals surface area (Å²) in [5, 5.41) is 3.72. The standard InChI is InChI=1S/C8H9ClF3N3S/c9-7-6(13-14-16-7)3-15(5-1-2-5)4-8(10,11)12/h5H,1-4H2. The molecule has 0 bridgehead atoms. The minimum Gasteiger partial charge on any atom is -0.286 e. The van der Waals surface area contributed by atoms with E-state index in [4.69, 9.17) is 11.6 Å². The van der Waals surface area contributed by atoms with Gasteiger partial charge in [-0.3, -0.25) is 4.90 Å². The molecule has 1 fully saturated rings. The van der Waals surface area contributed by atoms with Crippen LogP contribution in [0.1, 0.15) is 18.5 Å². The Morgan fingerprint density at radius 1 is 1.44 bits per heavy atom. The summed E-state index contributed by atoms with van der Waals surface area (Å²) in [6.07, 6.45) is -2.56. The Morgan fingerprint density at radius 2 is 2.12 bits per heavy atom. The van der Waals surface area contributed by atoms with Crippen molar-refractivity contribution >= 4 is 23.1 Å². The lowest BCUT2D eigenvalue weighted by atomic mass is 10.4. The lowest BCUT2D eigenvalue weighted by Gasteiger charge is -2.22. The van der Waals surface area contributed by atoms with Crippen LogP contribution in [0.5, 0.6) is 0 Å². The predicted octanol–water partition coefficient (Wildman–Crippen LogP) is 2.72. The minimum absolute atomic E-state index is 0.0133. The zero-order valence-corrected chi connectivity index (χ0v) is 9.74. The third kappa shape index (κ3) is 3.29. The highest BCUT2D eigenvalue weighted by molar-refractivity contribution is 7.10. The van der Waals surface area contributed by atoms with Crippen molar-refractivity contribution in [1.29, 1.82) is 0 Å². The molecule has 0 N–H and O–H groups in total. The number of alkyl halides is 3. The zero-order valence-electron chi connectivity index (χ0n) is 8.17. The fraction of sp³-hybridized carbons (Fsp3) is 0.750. The third-order valence-corrected chi connectivity index (χ3v) is 3.29. The molecule has 0 spiro atoms. The number of hydrogen-bond acceptors (Lipinski definition) is 4. The van der Waals surface area contributed by atoms with E-state index >= 15 is 0 Å². The highest BCUT2D eigenvalue weighted by atomic mass is 35.5. The highest BCUT2D eigenvalue weighted by Crippen LogP contribution is 2.32. The number of hydrogen-bond donors (Lipinski definition) is 0. The molecule has 1 aliphatic carbocycles. The van der Waals surface area contributed by atoms with E-state index in [1.165, 1.54) is 4.90 Å². The molecular formula is C8H9ClF3N3S. The van der Waals surface area contributed by atoms with Gasteiger partial charge in [0.15, 0.2) is 0 Å². The Morgan fingerprint density at radius 3 is 2.56 bits per heavy atom. The first-order valence-electron chi connectivity index (χ1n) is 4.73. The van der Waals surface area contributed by atoms with Gasteiger partial charge >= 0.3 is 6.18 Å². The van der Waals surface area contributed by atoms with Gasteiger partial charge in [0.05, 0.1) is 6.54 Å². The summed E-state index contributed by atoms with van der Waals surface area (Å²) in [5.74, 6) is 0. The van der Waals surface area contributed by atoms with Crippen LogP contribution < -0.4 is 0 Å². The van der Waals surface area contributed by atoms with Gasteiger partial charge in [0.2, 0.25) is 0 Å². The smallest absolute Gasteiger partial charge is 0.286 e. The number of rotatable bonds is 4. The molecule has 1 aliphatic rings. The lowest BCUT2D eigenvalue weighted by Crippen LogP contribution is -2.35. The van der Waals surface area contributed by atoms with E-state index in [0.717, 1.165) is 24.4 Å². The van der Waals surface area contributed by atoms with Crippen LogP contribution in [0, 0.1) is 0 Å². The molecule has 2 rings (SSSR count). The molecule has 0 unspecified atom stereocenters. The van der Waals surface area contributed by atoms with Gasteiger partial charge in [-0.1, -0.05) is 16.1 Å². The van der Waals surface area contributed by atoms with Gasteiger partial charge in [-0.2, -0.15) is 13.2 Å². The van der Waals surface area contributed by atoms with Crippen LogP contribution in [0.3, 0.4) is 0 Å². The highest BCUT2D eigenvalue weighted by Gasteiger charge is 2.38. The molecule has 90 valence electrons. The second-order valence-corrected chi connectivity index (χ2v) is 5.10. The third-order valence-electron chi connectivity index (χ3n) is 2.31. The van der Waals surface area contributed by atoms with Crippen LogP contribution in [0.25, 0.3) is 0 Å². The Kier molecular flexibility index (Phi) is 3.37. The molecule has 0 aliphatic heterocycles. The number of aromatic nitrogens is 2. The summed E-state index contributed by atoms with van der Waals surface area (Å²) in [4.78, 5) is 1.36. The molecule has 0 aromatic carbocycles. The number of nitrogens with zero attached hydrogens (tertiary/aromatic N) is 3. The normalized spacial score (nSPS) is 17.1. The molecule has 0 atom stereocenters. The Bertz CT molecular complexity index is 364. The van der Waals surface area contributed by atoms with Crippen LogP contribution in [-0.4, -0.2) is 33.2 Å². The van der Waals surface area contributed by atoms with Crippen molar-refractivity contribution < 1.29 is 13.2 Å². The van der Waals surface area contributed by atoms with Gasteiger partial charge in [0.1, 0.15) is 10.0 Å². The van der Waals surface area contributed by atoms with E-state index in [-0.39, 0.29) is 12.6 Å². The average molecular weight is 272 g/mol. The fourth-order valence-electron chi connectivity index (χ4n) is 1.47. The monoisotopic (exact) mass is 271 g/mol. The molecule has 1 saturated carbocycles. The average Bonchev–Trinajstić information content (AvgIpc) is 2.90. The van der Waals surface area contributed by atoms with Crippen molar-refractivity contribution in [2.24, 2.45) is 0 Å². The van der Waals surface area contributed by atoms with Gasteiger partial charge in [0, 0.05) is 24.1 Å². The van der Waals surface area contributed by atoms with Gasteiger partial charge in [0.25, 0.3) is 0 Å². The van der Waals surface area contributed by atoms with Crippen molar-refractivity contribution in [3.05, 3.63) is 10.0 Å².